The second-order valence-corrected chi connectivity index (χ2v) is 10.3. The van der Waals surface area contributed by atoms with Gasteiger partial charge in [-0.2, -0.15) is 0 Å². The number of rotatable bonds is 10. The standard InChI is InChI=1S/C23H24BrN3O5S2/c1-2-3-12-32-21-11-6-16(24)14-20(21)22(28)27-23(33)26-17-7-9-19(10-8-17)34(29,30)25-15-18-5-4-13-31-18/h4-11,13-14,25H,2-3,12,15H2,1H3,(H2,26,27,28,33). The summed E-state index contributed by atoms with van der Waals surface area (Å²) in [5, 5.41) is 5.57. The number of hydrogen-bond acceptors (Lipinski definition) is 6. The summed E-state index contributed by atoms with van der Waals surface area (Å²) in [6.07, 6.45) is 3.33. The van der Waals surface area contributed by atoms with Crippen LogP contribution in [0.15, 0.2) is 74.6 Å². The fourth-order valence-electron chi connectivity index (χ4n) is 2.84. The Labute approximate surface area is 212 Å². The monoisotopic (exact) mass is 565 g/mol. The van der Waals surface area contributed by atoms with Crippen LogP contribution >= 0.6 is 28.1 Å². The number of sulfonamides is 1. The lowest BCUT2D eigenvalue weighted by Crippen LogP contribution is -2.34. The molecule has 1 amide bonds. The molecule has 0 saturated heterocycles. The molecule has 0 bridgehead atoms. The van der Waals surface area contributed by atoms with Crippen LogP contribution in [0.2, 0.25) is 0 Å². The molecule has 3 rings (SSSR count). The van der Waals surface area contributed by atoms with Crippen molar-refractivity contribution in [2.75, 3.05) is 11.9 Å². The highest BCUT2D eigenvalue weighted by molar-refractivity contribution is 9.10. The van der Waals surface area contributed by atoms with Crippen LogP contribution in [0, 0.1) is 0 Å². The summed E-state index contributed by atoms with van der Waals surface area (Å²) >= 11 is 8.62. The largest absolute Gasteiger partial charge is 0.493 e. The number of benzene rings is 2. The predicted octanol–water partition coefficient (Wildman–Crippen LogP) is 4.83. The number of unbranched alkanes of at least 4 members (excludes halogenated alkanes) is 1. The molecular weight excluding hydrogens is 542 g/mol. The van der Waals surface area contributed by atoms with E-state index in [4.69, 9.17) is 21.4 Å². The highest BCUT2D eigenvalue weighted by Crippen LogP contribution is 2.24. The highest BCUT2D eigenvalue weighted by Gasteiger charge is 2.16. The Bertz CT molecular complexity index is 1230. The maximum atomic E-state index is 12.8. The number of hydrogen-bond donors (Lipinski definition) is 3. The first-order chi connectivity index (χ1) is 16.3. The molecule has 0 unspecified atom stereocenters. The zero-order valence-electron chi connectivity index (χ0n) is 18.3. The van der Waals surface area contributed by atoms with Crippen molar-refractivity contribution in [3.63, 3.8) is 0 Å². The summed E-state index contributed by atoms with van der Waals surface area (Å²) < 4.78 is 39.0. The summed E-state index contributed by atoms with van der Waals surface area (Å²) in [7, 11) is -3.71. The minimum atomic E-state index is -3.71. The zero-order chi connectivity index (χ0) is 24.6. The molecule has 2 aromatic carbocycles. The predicted molar refractivity (Wildman–Crippen MR) is 137 cm³/mol. The Balaban J connectivity index is 1.60. The molecule has 0 aliphatic carbocycles. The van der Waals surface area contributed by atoms with E-state index < -0.39 is 15.9 Å². The molecule has 11 heteroatoms. The van der Waals surface area contributed by atoms with E-state index in [1.807, 2.05) is 0 Å². The Morgan fingerprint density at radius 1 is 1.15 bits per heavy atom. The first-order valence-electron chi connectivity index (χ1n) is 10.5. The van der Waals surface area contributed by atoms with Crippen LogP contribution < -0.4 is 20.1 Å². The van der Waals surface area contributed by atoms with Crippen LogP contribution in [0.25, 0.3) is 0 Å². The lowest BCUT2D eigenvalue weighted by molar-refractivity contribution is 0.0973. The third kappa shape index (κ3) is 7.39. The summed E-state index contributed by atoms with van der Waals surface area (Å²) in [6, 6.07) is 14.5. The van der Waals surface area contributed by atoms with E-state index in [1.54, 1.807) is 42.5 Å². The Kier molecular flexibility index (Phi) is 9.22. The van der Waals surface area contributed by atoms with Crippen LogP contribution in [-0.2, 0) is 16.6 Å². The van der Waals surface area contributed by atoms with Gasteiger partial charge in [-0.3, -0.25) is 10.1 Å². The second kappa shape index (κ2) is 12.1. The van der Waals surface area contributed by atoms with Crippen LogP contribution in [0.4, 0.5) is 5.69 Å². The number of halogens is 1. The second-order valence-electron chi connectivity index (χ2n) is 7.18. The van der Waals surface area contributed by atoms with E-state index in [2.05, 4.69) is 38.2 Å². The fourth-order valence-corrected chi connectivity index (χ4v) is 4.41. The van der Waals surface area contributed by atoms with Crippen molar-refractivity contribution in [1.82, 2.24) is 10.0 Å². The van der Waals surface area contributed by atoms with Gasteiger partial charge in [-0.15, -0.1) is 0 Å². The van der Waals surface area contributed by atoms with Gasteiger partial charge in [0, 0.05) is 10.2 Å². The van der Waals surface area contributed by atoms with Crippen molar-refractivity contribution in [2.24, 2.45) is 0 Å². The zero-order valence-corrected chi connectivity index (χ0v) is 21.6. The number of carbonyl (C=O) groups is 1. The third-order valence-corrected chi connectivity index (χ3v) is 6.72. The van der Waals surface area contributed by atoms with Crippen molar-refractivity contribution in [3.8, 4) is 5.75 Å². The smallest absolute Gasteiger partial charge is 0.261 e. The molecule has 34 heavy (non-hydrogen) atoms. The molecule has 0 spiro atoms. The summed E-state index contributed by atoms with van der Waals surface area (Å²) in [4.78, 5) is 12.9. The van der Waals surface area contributed by atoms with E-state index in [-0.39, 0.29) is 16.6 Å². The van der Waals surface area contributed by atoms with Gasteiger partial charge >= 0.3 is 0 Å². The molecule has 180 valence electrons. The Morgan fingerprint density at radius 3 is 2.59 bits per heavy atom. The molecule has 1 heterocycles. The van der Waals surface area contributed by atoms with Crippen LogP contribution in [0.1, 0.15) is 35.9 Å². The topological polar surface area (TPSA) is 110 Å². The molecule has 1 aromatic heterocycles. The van der Waals surface area contributed by atoms with Gasteiger partial charge in [0.05, 0.1) is 29.9 Å². The van der Waals surface area contributed by atoms with Crippen molar-refractivity contribution in [1.29, 1.82) is 0 Å². The van der Waals surface area contributed by atoms with Crippen LogP contribution in [0.5, 0.6) is 5.75 Å². The molecule has 0 fully saturated rings. The van der Waals surface area contributed by atoms with Gasteiger partial charge in [-0.25, -0.2) is 13.1 Å². The Morgan fingerprint density at radius 2 is 1.91 bits per heavy atom. The molecule has 8 nitrogen and oxygen atoms in total. The van der Waals surface area contributed by atoms with Gasteiger partial charge in [0.25, 0.3) is 5.91 Å². The van der Waals surface area contributed by atoms with E-state index in [1.165, 1.54) is 18.4 Å². The highest BCUT2D eigenvalue weighted by atomic mass is 79.9. The minimum absolute atomic E-state index is 0.0468. The normalized spacial score (nSPS) is 11.1. The van der Waals surface area contributed by atoms with Crippen molar-refractivity contribution >= 4 is 54.9 Å². The first-order valence-corrected chi connectivity index (χ1v) is 13.1. The van der Waals surface area contributed by atoms with Crippen molar-refractivity contribution in [3.05, 3.63) is 76.7 Å². The molecule has 0 aliphatic heterocycles. The average Bonchev–Trinajstić information content (AvgIpc) is 3.33. The molecule has 3 aromatic rings. The van der Waals surface area contributed by atoms with E-state index in [0.717, 1.165) is 17.3 Å². The van der Waals surface area contributed by atoms with Gasteiger partial charge in [0.1, 0.15) is 11.5 Å². The fraction of sp³-hybridized carbons (Fsp3) is 0.217. The molecule has 3 N–H and O–H groups in total. The van der Waals surface area contributed by atoms with Crippen LogP contribution in [0.3, 0.4) is 0 Å². The van der Waals surface area contributed by atoms with Gasteiger partial charge in [0.2, 0.25) is 10.0 Å². The number of furan rings is 1. The van der Waals surface area contributed by atoms with Gasteiger partial charge in [0.15, 0.2) is 5.11 Å². The number of ether oxygens (including phenoxy) is 1. The summed E-state index contributed by atoms with van der Waals surface area (Å²) in [6.45, 7) is 2.61. The lowest BCUT2D eigenvalue weighted by atomic mass is 10.2. The van der Waals surface area contributed by atoms with Crippen molar-refractivity contribution in [2.45, 2.75) is 31.2 Å². The first kappa shape index (κ1) is 25.9. The van der Waals surface area contributed by atoms with Crippen LogP contribution in [-0.4, -0.2) is 26.0 Å². The minimum Gasteiger partial charge on any atom is -0.493 e. The lowest BCUT2D eigenvalue weighted by Gasteiger charge is -2.14. The van der Waals surface area contributed by atoms with E-state index >= 15 is 0 Å². The van der Waals surface area contributed by atoms with Gasteiger partial charge in [-0.1, -0.05) is 29.3 Å². The quantitative estimate of drug-likeness (QED) is 0.238. The molecular formula is C23H24BrN3O5S2. The number of amides is 1. The van der Waals surface area contributed by atoms with Crippen molar-refractivity contribution < 1.29 is 22.4 Å². The van der Waals surface area contributed by atoms with Gasteiger partial charge in [-0.05, 0) is 73.2 Å². The number of carbonyl (C=O) groups excluding carboxylic acids is 1. The average molecular weight is 566 g/mol. The number of anilines is 1. The molecule has 0 saturated carbocycles. The maximum absolute atomic E-state index is 12.8. The third-order valence-electron chi connectivity index (χ3n) is 4.61. The van der Waals surface area contributed by atoms with E-state index in [0.29, 0.717) is 29.4 Å². The van der Waals surface area contributed by atoms with E-state index in [9.17, 15) is 13.2 Å². The number of nitrogens with one attached hydrogen (secondary N) is 3. The summed E-state index contributed by atoms with van der Waals surface area (Å²) in [5.74, 6) is 0.549. The molecule has 0 radical (unpaired) electrons. The molecule has 0 atom stereocenters. The SMILES string of the molecule is CCCCOc1ccc(Br)cc1C(=O)NC(=S)Nc1ccc(S(=O)(=O)NCc2ccco2)cc1. The number of thiocarbonyl (C=S) groups is 1. The van der Waals surface area contributed by atoms with Gasteiger partial charge < -0.3 is 14.5 Å². The maximum Gasteiger partial charge on any atom is 0.261 e. The Hall–Kier alpha value is -2.73. The molecule has 0 aliphatic rings. The summed E-state index contributed by atoms with van der Waals surface area (Å²) in [5.41, 5.74) is 0.864.